The lowest BCUT2D eigenvalue weighted by atomic mass is 10.1. The third kappa shape index (κ3) is 1.23. The van der Waals surface area contributed by atoms with Gasteiger partial charge in [-0.2, -0.15) is 0 Å². The number of rotatable bonds is 1. The predicted octanol–water partition coefficient (Wildman–Crippen LogP) is 1.19. The zero-order chi connectivity index (χ0) is 9.30. The largest absolute Gasteiger partial charge is 0.397 e. The van der Waals surface area contributed by atoms with Gasteiger partial charge in [-0.1, -0.05) is 0 Å². The number of nitrogen functional groups attached to an aromatic ring is 2. The number of hydrogen-bond acceptors (Lipinski definition) is 3. The van der Waals surface area contributed by atoms with Gasteiger partial charge >= 0.3 is 0 Å². The summed E-state index contributed by atoms with van der Waals surface area (Å²) in [7, 11) is 0. The SMILES string of the molecule is CC(=O)c1ccc(N)c(N)c1F. The molecule has 64 valence electrons. The molecule has 1 rings (SSSR count). The zero-order valence-electron chi connectivity index (χ0n) is 6.60. The van der Waals surface area contributed by atoms with Crippen molar-refractivity contribution in [1.29, 1.82) is 0 Å². The van der Waals surface area contributed by atoms with E-state index >= 15 is 0 Å². The van der Waals surface area contributed by atoms with Gasteiger partial charge in [-0.05, 0) is 19.1 Å². The van der Waals surface area contributed by atoms with Crippen molar-refractivity contribution in [2.45, 2.75) is 6.92 Å². The smallest absolute Gasteiger partial charge is 0.162 e. The minimum absolute atomic E-state index is 0.0262. The molecule has 0 fully saturated rings. The molecule has 0 heterocycles. The minimum Gasteiger partial charge on any atom is -0.397 e. The standard InChI is InChI=1S/C8H9FN2O/c1-4(12)5-2-3-6(10)8(11)7(5)9/h2-3H,10-11H2,1H3. The maximum atomic E-state index is 13.1. The summed E-state index contributed by atoms with van der Waals surface area (Å²) in [4.78, 5) is 10.8. The molecule has 0 aliphatic rings. The van der Waals surface area contributed by atoms with Gasteiger partial charge in [0, 0.05) is 0 Å². The van der Waals surface area contributed by atoms with Gasteiger partial charge in [0.1, 0.15) is 0 Å². The van der Waals surface area contributed by atoms with E-state index in [1.54, 1.807) is 0 Å². The molecule has 1 aromatic rings. The molecular formula is C8H9FN2O. The van der Waals surface area contributed by atoms with E-state index in [0.29, 0.717) is 0 Å². The van der Waals surface area contributed by atoms with Gasteiger partial charge in [-0.3, -0.25) is 4.79 Å². The van der Waals surface area contributed by atoms with Gasteiger partial charge in [-0.15, -0.1) is 0 Å². The van der Waals surface area contributed by atoms with E-state index in [9.17, 15) is 9.18 Å². The van der Waals surface area contributed by atoms with Crippen molar-refractivity contribution in [2.75, 3.05) is 11.5 Å². The Balaban J connectivity index is 3.36. The van der Waals surface area contributed by atoms with Crippen molar-refractivity contribution < 1.29 is 9.18 Å². The van der Waals surface area contributed by atoms with Crippen molar-refractivity contribution in [2.24, 2.45) is 0 Å². The number of benzene rings is 1. The quantitative estimate of drug-likeness (QED) is 0.489. The topological polar surface area (TPSA) is 69.1 Å². The molecule has 0 amide bonds. The fraction of sp³-hybridized carbons (Fsp3) is 0.125. The number of nitrogens with two attached hydrogens (primary N) is 2. The first-order chi connectivity index (χ1) is 5.54. The molecule has 1 aromatic carbocycles. The van der Waals surface area contributed by atoms with E-state index in [1.165, 1.54) is 19.1 Å². The van der Waals surface area contributed by atoms with Crippen molar-refractivity contribution in [3.05, 3.63) is 23.5 Å². The van der Waals surface area contributed by atoms with Crippen molar-refractivity contribution in [1.82, 2.24) is 0 Å². The highest BCUT2D eigenvalue weighted by molar-refractivity contribution is 5.96. The van der Waals surface area contributed by atoms with Crippen LogP contribution in [0.2, 0.25) is 0 Å². The zero-order valence-corrected chi connectivity index (χ0v) is 6.60. The first-order valence-electron chi connectivity index (χ1n) is 3.38. The Hall–Kier alpha value is -1.58. The first kappa shape index (κ1) is 8.52. The van der Waals surface area contributed by atoms with Crippen molar-refractivity contribution in [3.63, 3.8) is 0 Å². The lowest BCUT2D eigenvalue weighted by Gasteiger charge is -2.04. The normalized spacial score (nSPS) is 9.83. The molecule has 0 radical (unpaired) electrons. The second kappa shape index (κ2) is 2.81. The summed E-state index contributed by atoms with van der Waals surface area (Å²) in [5.74, 6) is -1.10. The Bertz CT molecular complexity index is 336. The molecule has 0 spiro atoms. The maximum absolute atomic E-state index is 13.1. The van der Waals surface area contributed by atoms with Gasteiger partial charge in [-0.25, -0.2) is 4.39 Å². The molecule has 4 heteroatoms. The summed E-state index contributed by atoms with van der Waals surface area (Å²) < 4.78 is 13.1. The second-order valence-corrected chi connectivity index (χ2v) is 2.49. The summed E-state index contributed by atoms with van der Waals surface area (Å²) in [5, 5.41) is 0. The summed E-state index contributed by atoms with van der Waals surface area (Å²) in [6.07, 6.45) is 0. The number of Topliss-reactive ketones (excluding diaryl/α,β-unsaturated/α-hetero) is 1. The van der Waals surface area contributed by atoms with Crippen LogP contribution in [0.15, 0.2) is 12.1 Å². The van der Waals surface area contributed by atoms with Crippen LogP contribution in [0.5, 0.6) is 0 Å². The molecule has 0 aromatic heterocycles. The fourth-order valence-electron chi connectivity index (χ4n) is 0.880. The van der Waals surface area contributed by atoms with Gasteiger partial charge < -0.3 is 11.5 Å². The summed E-state index contributed by atoms with van der Waals surface area (Å²) in [5.41, 5.74) is 10.5. The van der Waals surface area contributed by atoms with Crippen LogP contribution >= 0.6 is 0 Å². The van der Waals surface area contributed by atoms with Gasteiger partial charge in [0.25, 0.3) is 0 Å². The summed E-state index contributed by atoms with van der Waals surface area (Å²) in [6, 6.07) is 2.73. The Morgan fingerprint density at radius 1 is 1.42 bits per heavy atom. The van der Waals surface area contributed by atoms with Crippen molar-refractivity contribution in [3.8, 4) is 0 Å². The molecule has 0 unspecified atom stereocenters. The molecule has 0 bridgehead atoms. The van der Waals surface area contributed by atoms with Crippen LogP contribution in [0.25, 0.3) is 0 Å². The van der Waals surface area contributed by atoms with E-state index in [0.717, 1.165) is 0 Å². The van der Waals surface area contributed by atoms with E-state index in [4.69, 9.17) is 11.5 Å². The third-order valence-electron chi connectivity index (χ3n) is 1.59. The lowest BCUT2D eigenvalue weighted by molar-refractivity contribution is 0.101. The van der Waals surface area contributed by atoms with E-state index < -0.39 is 5.82 Å². The van der Waals surface area contributed by atoms with Crippen LogP contribution in [0.1, 0.15) is 17.3 Å². The van der Waals surface area contributed by atoms with E-state index in [1.807, 2.05) is 0 Å². The average Bonchev–Trinajstić information content (AvgIpc) is 2.00. The highest BCUT2D eigenvalue weighted by Crippen LogP contribution is 2.21. The molecule has 0 saturated carbocycles. The van der Waals surface area contributed by atoms with Crippen molar-refractivity contribution >= 4 is 17.2 Å². The molecule has 4 N–H and O–H groups in total. The monoisotopic (exact) mass is 168 g/mol. The van der Waals surface area contributed by atoms with Crippen LogP contribution in [0, 0.1) is 5.82 Å². The van der Waals surface area contributed by atoms with E-state index in [-0.39, 0.29) is 22.7 Å². The predicted molar refractivity (Wildman–Crippen MR) is 45.2 cm³/mol. The number of hydrogen-bond donors (Lipinski definition) is 2. The molecule has 3 nitrogen and oxygen atoms in total. The minimum atomic E-state index is -0.734. The van der Waals surface area contributed by atoms with Crippen LogP contribution < -0.4 is 11.5 Å². The van der Waals surface area contributed by atoms with Gasteiger partial charge in [0.2, 0.25) is 0 Å². The number of anilines is 2. The molecule has 0 aliphatic carbocycles. The Labute approximate surface area is 69.2 Å². The number of carbonyl (C=O) groups excluding carboxylic acids is 1. The number of halogens is 1. The van der Waals surface area contributed by atoms with Crippen LogP contribution in [0.4, 0.5) is 15.8 Å². The second-order valence-electron chi connectivity index (χ2n) is 2.49. The Kier molecular flexibility index (Phi) is 1.99. The third-order valence-corrected chi connectivity index (χ3v) is 1.59. The maximum Gasteiger partial charge on any atom is 0.162 e. The van der Waals surface area contributed by atoms with Gasteiger partial charge in [0.15, 0.2) is 11.6 Å². The molecule has 0 atom stereocenters. The molecule has 12 heavy (non-hydrogen) atoms. The van der Waals surface area contributed by atoms with E-state index in [2.05, 4.69) is 0 Å². The number of carbonyl (C=O) groups is 1. The van der Waals surface area contributed by atoms with Crippen LogP contribution in [-0.2, 0) is 0 Å². The molecular weight excluding hydrogens is 159 g/mol. The highest BCUT2D eigenvalue weighted by Gasteiger charge is 2.11. The molecule has 0 aliphatic heterocycles. The lowest BCUT2D eigenvalue weighted by Crippen LogP contribution is -2.04. The fourth-order valence-corrected chi connectivity index (χ4v) is 0.880. The number of ketones is 1. The summed E-state index contributed by atoms with van der Waals surface area (Å²) >= 11 is 0. The highest BCUT2D eigenvalue weighted by atomic mass is 19.1. The summed E-state index contributed by atoms with van der Waals surface area (Å²) in [6.45, 7) is 1.27. The van der Waals surface area contributed by atoms with Crippen LogP contribution in [-0.4, -0.2) is 5.78 Å². The van der Waals surface area contributed by atoms with Crippen LogP contribution in [0.3, 0.4) is 0 Å². The van der Waals surface area contributed by atoms with Gasteiger partial charge in [0.05, 0.1) is 16.9 Å². The molecule has 0 saturated heterocycles. The Morgan fingerprint density at radius 3 is 2.50 bits per heavy atom. The Morgan fingerprint density at radius 2 is 2.00 bits per heavy atom. The average molecular weight is 168 g/mol. The first-order valence-corrected chi connectivity index (χ1v) is 3.38.